The molecule has 1 aliphatic carbocycles. The molecule has 2 heterocycles. The third-order valence-electron chi connectivity index (χ3n) is 7.59. The van der Waals surface area contributed by atoms with Gasteiger partial charge in [-0.05, 0) is 18.4 Å². The van der Waals surface area contributed by atoms with Gasteiger partial charge in [-0.15, -0.1) is 0 Å². The van der Waals surface area contributed by atoms with E-state index < -0.39 is 11.6 Å². The molecule has 1 N–H and O–H groups in total. The van der Waals surface area contributed by atoms with Gasteiger partial charge in [-0.25, -0.2) is 4.79 Å². The molecule has 1 saturated carbocycles. The maximum absolute atomic E-state index is 13.4. The zero-order valence-electron chi connectivity index (χ0n) is 18.5. The van der Waals surface area contributed by atoms with E-state index in [0.717, 1.165) is 68.2 Å². The quantitative estimate of drug-likeness (QED) is 0.512. The van der Waals surface area contributed by atoms with Crippen LogP contribution in [0, 0.1) is 5.92 Å². The highest BCUT2D eigenvalue weighted by Gasteiger charge is 2.48. The molecule has 6 nitrogen and oxygen atoms in total. The Balaban J connectivity index is 1.44. The van der Waals surface area contributed by atoms with Gasteiger partial charge in [0, 0.05) is 31.2 Å². The fourth-order valence-corrected chi connectivity index (χ4v) is 5.49. The molecule has 1 saturated heterocycles. The van der Waals surface area contributed by atoms with E-state index in [1.807, 2.05) is 36.4 Å². The first kappa shape index (κ1) is 22.0. The topological polar surface area (TPSA) is 72.6 Å². The van der Waals surface area contributed by atoms with E-state index >= 15 is 0 Å². The van der Waals surface area contributed by atoms with E-state index in [1.165, 1.54) is 6.42 Å². The number of nitrogens with zero attached hydrogens (tertiary/aromatic N) is 2. The monoisotopic (exact) mass is 427 g/mol. The van der Waals surface area contributed by atoms with Crippen LogP contribution in [0.15, 0.2) is 47.2 Å². The van der Waals surface area contributed by atoms with E-state index in [4.69, 9.17) is 9.26 Å². The summed E-state index contributed by atoms with van der Waals surface area (Å²) in [6.45, 7) is 2.34. The summed E-state index contributed by atoms with van der Waals surface area (Å²) in [6, 6.07) is 11.5. The van der Waals surface area contributed by atoms with Gasteiger partial charge in [0.05, 0.1) is 25.8 Å². The highest BCUT2D eigenvalue weighted by atomic mass is 16.6. The minimum atomic E-state index is -1.57. The molecule has 0 radical (unpaired) electrons. The van der Waals surface area contributed by atoms with Gasteiger partial charge in [0.25, 0.3) is 0 Å². The van der Waals surface area contributed by atoms with Gasteiger partial charge in [-0.2, -0.15) is 0 Å². The number of rotatable bonds is 8. The Morgan fingerprint density at radius 2 is 1.94 bits per heavy atom. The van der Waals surface area contributed by atoms with Crippen molar-refractivity contribution in [3.05, 3.63) is 53.9 Å². The van der Waals surface area contributed by atoms with Crippen LogP contribution in [0.3, 0.4) is 0 Å². The largest absolute Gasteiger partial charge is 0.457 e. The Bertz CT molecular complexity index is 834. The van der Waals surface area contributed by atoms with E-state index in [-0.39, 0.29) is 12.0 Å². The summed E-state index contributed by atoms with van der Waals surface area (Å²) in [5, 5.41) is 15.7. The minimum Gasteiger partial charge on any atom is -0.457 e. The molecule has 1 aromatic carbocycles. The van der Waals surface area contributed by atoms with Crippen molar-refractivity contribution in [2.45, 2.75) is 63.0 Å². The number of likely N-dealkylation sites (tertiary alicyclic amines) is 1. The van der Waals surface area contributed by atoms with E-state index in [1.54, 1.807) is 6.26 Å². The summed E-state index contributed by atoms with van der Waals surface area (Å²) in [5.41, 5.74) is 0.0454. The lowest BCUT2D eigenvalue weighted by atomic mass is 9.73. The zero-order chi connectivity index (χ0) is 21.7. The molecule has 168 valence electrons. The molecule has 2 aromatic rings. The second-order valence-electron chi connectivity index (χ2n) is 9.53. The average molecular weight is 428 g/mol. The number of aromatic nitrogens is 1. The fraction of sp³-hybridized carbons (Fsp3) is 0.600. The second-order valence-corrected chi connectivity index (χ2v) is 9.53. The SMILES string of the molecule is C[N@+]1(CCc2ccon2)CCCC1COC(=O)C(O)(c1ccccc1)C1CCCCC1. The summed E-state index contributed by atoms with van der Waals surface area (Å²) in [5.74, 6) is -0.576. The van der Waals surface area contributed by atoms with Gasteiger partial charge in [0.2, 0.25) is 0 Å². The van der Waals surface area contributed by atoms with Crippen LogP contribution in [-0.2, 0) is 21.6 Å². The Morgan fingerprint density at radius 3 is 2.65 bits per heavy atom. The van der Waals surface area contributed by atoms with Gasteiger partial charge >= 0.3 is 5.97 Å². The molecule has 31 heavy (non-hydrogen) atoms. The summed E-state index contributed by atoms with van der Waals surface area (Å²) >= 11 is 0. The Kier molecular flexibility index (Phi) is 6.77. The van der Waals surface area contributed by atoms with Gasteiger partial charge in [-0.3, -0.25) is 0 Å². The van der Waals surface area contributed by atoms with Crippen LogP contribution in [0.5, 0.6) is 0 Å². The number of carbonyl (C=O) groups is 1. The first-order valence-corrected chi connectivity index (χ1v) is 11.7. The normalized spacial score (nSPS) is 26.5. The number of hydrogen-bond donors (Lipinski definition) is 1. The molecular weight excluding hydrogens is 392 g/mol. The molecule has 0 bridgehead atoms. The number of benzene rings is 1. The smallest absolute Gasteiger partial charge is 0.343 e. The van der Waals surface area contributed by atoms with Crippen LogP contribution in [0.2, 0.25) is 0 Å². The molecule has 2 unspecified atom stereocenters. The van der Waals surface area contributed by atoms with E-state index in [2.05, 4.69) is 12.2 Å². The van der Waals surface area contributed by atoms with Crippen molar-refractivity contribution in [1.82, 2.24) is 5.16 Å². The molecule has 3 atom stereocenters. The molecule has 0 amide bonds. The highest BCUT2D eigenvalue weighted by molar-refractivity contribution is 5.81. The molecule has 4 rings (SSSR count). The van der Waals surface area contributed by atoms with E-state index in [0.29, 0.717) is 12.2 Å². The third-order valence-corrected chi connectivity index (χ3v) is 7.59. The number of ether oxygens (including phenoxy) is 1. The number of esters is 1. The summed E-state index contributed by atoms with van der Waals surface area (Å²) in [7, 11) is 2.23. The molecule has 2 aliphatic rings. The predicted octanol–water partition coefficient (Wildman–Crippen LogP) is 3.84. The van der Waals surface area contributed by atoms with Crippen LogP contribution in [0.4, 0.5) is 0 Å². The van der Waals surface area contributed by atoms with Gasteiger partial charge in [0.1, 0.15) is 18.9 Å². The summed E-state index contributed by atoms with van der Waals surface area (Å²) in [4.78, 5) is 13.4. The molecule has 1 aliphatic heterocycles. The first-order valence-electron chi connectivity index (χ1n) is 11.7. The first-order chi connectivity index (χ1) is 15.0. The number of hydrogen-bond acceptors (Lipinski definition) is 5. The van der Waals surface area contributed by atoms with Crippen molar-refractivity contribution in [1.29, 1.82) is 0 Å². The summed E-state index contributed by atoms with van der Waals surface area (Å²) in [6.07, 6.45) is 9.56. The molecular formula is C25H35N2O4+. The fourth-order valence-electron chi connectivity index (χ4n) is 5.49. The Morgan fingerprint density at radius 1 is 1.16 bits per heavy atom. The molecule has 1 aromatic heterocycles. The van der Waals surface area contributed by atoms with E-state index in [9.17, 15) is 9.90 Å². The molecule has 2 fully saturated rings. The Hall–Kier alpha value is -2.18. The maximum atomic E-state index is 13.4. The van der Waals surface area contributed by atoms with Gasteiger partial charge < -0.3 is 18.8 Å². The van der Waals surface area contributed by atoms with Gasteiger partial charge in [-0.1, -0.05) is 54.8 Å². The van der Waals surface area contributed by atoms with Crippen molar-refractivity contribution in [2.24, 2.45) is 5.92 Å². The number of likely N-dealkylation sites (N-methyl/N-ethyl adjacent to an activating group) is 1. The van der Waals surface area contributed by atoms with Crippen molar-refractivity contribution in [2.75, 3.05) is 26.7 Å². The standard InChI is InChI=1S/C25H35N2O4/c1-27(17-14-22-15-18-31-26-22)16-8-13-23(27)19-30-24(28)25(29,20-9-4-2-5-10-20)21-11-6-3-7-12-21/h2,4-5,9-10,15,18,21,23,29H,3,6-8,11-14,16-17,19H2,1H3/q+1/t23?,25?,27-/m1/s1. The zero-order valence-corrected chi connectivity index (χ0v) is 18.5. The van der Waals surface area contributed by atoms with Crippen LogP contribution >= 0.6 is 0 Å². The lowest BCUT2D eigenvalue weighted by Crippen LogP contribution is -2.52. The lowest BCUT2D eigenvalue weighted by molar-refractivity contribution is -0.921. The third kappa shape index (κ3) is 4.70. The van der Waals surface area contributed by atoms with Crippen molar-refractivity contribution in [3.63, 3.8) is 0 Å². The highest BCUT2D eigenvalue weighted by Crippen LogP contribution is 2.40. The lowest BCUT2D eigenvalue weighted by Gasteiger charge is -2.38. The number of aliphatic hydroxyl groups is 1. The van der Waals surface area contributed by atoms with Crippen LogP contribution in [0.25, 0.3) is 0 Å². The average Bonchev–Trinajstić information content (AvgIpc) is 3.46. The van der Waals surface area contributed by atoms with Crippen LogP contribution in [0.1, 0.15) is 56.2 Å². The van der Waals surface area contributed by atoms with Crippen LogP contribution < -0.4 is 0 Å². The molecule has 0 spiro atoms. The van der Waals surface area contributed by atoms with Crippen LogP contribution in [-0.4, -0.2) is 53.5 Å². The minimum absolute atomic E-state index is 0.0900. The van der Waals surface area contributed by atoms with Crippen molar-refractivity contribution in [3.8, 4) is 0 Å². The second kappa shape index (κ2) is 9.53. The van der Waals surface area contributed by atoms with Crippen molar-refractivity contribution >= 4 is 5.97 Å². The maximum Gasteiger partial charge on any atom is 0.343 e. The van der Waals surface area contributed by atoms with Gasteiger partial charge in [0.15, 0.2) is 5.60 Å². The Labute approximate surface area is 184 Å². The van der Waals surface area contributed by atoms with Crippen molar-refractivity contribution < 1.29 is 23.6 Å². The summed E-state index contributed by atoms with van der Waals surface area (Å²) < 4.78 is 11.7. The molecule has 6 heteroatoms. The number of quaternary nitrogens is 1. The predicted molar refractivity (Wildman–Crippen MR) is 117 cm³/mol. The number of carbonyl (C=O) groups excluding carboxylic acids is 1.